The maximum Gasteiger partial charge on any atom is 0.0383 e. The van der Waals surface area contributed by atoms with Crippen molar-refractivity contribution < 1.29 is 0 Å². The van der Waals surface area contributed by atoms with Gasteiger partial charge in [0.2, 0.25) is 0 Å². The first-order valence-electron chi connectivity index (χ1n) is 5.36. The van der Waals surface area contributed by atoms with E-state index in [-0.39, 0.29) is 0 Å². The van der Waals surface area contributed by atoms with Crippen LogP contribution in [0.25, 0.3) is 0 Å². The molecule has 2 nitrogen and oxygen atoms in total. The highest BCUT2D eigenvalue weighted by atomic mass is 14.8. The Labute approximate surface area is 85.5 Å². The molecule has 1 fully saturated rings. The molecule has 0 amide bonds. The molecule has 0 heterocycles. The fourth-order valence-corrected chi connectivity index (χ4v) is 2.02. The van der Waals surface area contributed by atoms with E-state index < -0.39 is 0 Å². The summed E-state index contributed by atoms with van der Waals surface area (Å²) < 4.78 is 0. The Morgan fingerprint density at radius 3 is 2.71 bits per heavy atom. The maximum atomic E-state index is 5.71. The van der Waals surface area contributed by atoms with Gasteiger partial charge in [-0.15, -0.1) is 0 Å². The monoisotopic (exact) mass is 190 g/mol. The lowest BCUT2D eigenvalue weighted by Crippen LogP contribution is -2.10. The van der Waals surface area contributed by atoms with Crippen molar-refractivity contribution in [3.63, 3.8) is 0 Å². The van der Waals surface area contributed by atoms with Crippen LogP contribution in [-0.2, 0) is 6.54 Å². The van der Waals surface area contributed by atoms with Crippen LogP contribution >= 0.6 is 0 Å². The lowest BCUT2D eigenvalue weighted by Gasteiger charge is -2.26. The minimum atomic E-state index is 0.622. The van der Waals surface area contributed by atoms with Gasteiger partial charge in [0, 0.05) is 19.3 Å². The van der Waals surface area contributed by atoms with Crippen LogP contribution in [-0.4, -0.2) is 7.05 Å². The van der Waals surface area contributed by atoms with Crippen molar-refractivity contribution in [3.05, 3.63) is 29.3 Å². The van der Waals surface area contributed by atoms with Gasteiger partial charge in [0.25, 0.3) is 0 Å². The van der Waals surface area contributed by atoms with Gasteiger partial charge in [0.15, 0.2) is 0 Å². The maximum absolute atomic E-state index is 5.71. The van der Waals surface area contributed by atoms with Crippen molar-refractivity contribution in [2.45, 2.75) is 31.7 Å². The van der Waals surface area contributed by atoms with Crippen LogP contribution < -0.4 is 11.1 Å². The predicted molar refractivity (Wildman–Crippen MR) is 60.5 cm³/mol. The lowest BCUT2D eigenvalue weighted by atomic mass is 9.79. The topological polar surface area (TPSA) is 38.0 Å². The molecular formula is C12H18N2. The minimum Gasteiger partial charge on any atom is -0.388 e. The van der Waals surface area contributed by atoms with E-state index in [1.54, 1.807) is 0 Å². The second kappa shape index (κ2) is 4.01. The van der Waals surface area contributed by atoms with Crippen LogP contribution in [0.3, 0.4) is 0 Å². The number of anilines is 1. The molecule has 1 aliphatic carbocycles. The van der Waals surface area contributed by atoms with E-state index >= 15 is 0 Å². The van der Waals surface area contributed by atoms with Crippen molar-refractivity contribution in [1.29, 1.82) is 0 Å². The third-order valence-corrected chi connectivity index (χ3v) is 3.20. The quantitative estimate of drug-likeness (QED) is 0.768. The summed E-state index contributed by atoms with van der Waals surface area (Å²) >= 11 is 0. The first-order chi connectivity index (χ1) is 6.85. The van der Waals surface area contributed by atoms with Gasteiger partial charge in [-0.2, -0.15) is 0 Å². The van der Waals surface area contributed by atoms with Gasteiger partial charge in [0.1, 0.15) is 0 Å². The molecule has 0 aromatic heterocycles. The van der Waals surface area contributed by atoms with E-state index in [0.717, 1.165) is 11.6 Å². The summed E-state index contributed by atoms with van der Waals surface area (Å²) in [5, 5.41) is 3.17. The van der Waals surface area contributed by atoms with Crippen molar-refractivity contribution in [2.75, 3.05) is 12.4 Å². The van der Waals surface area contributed by atoms with Crippen LogP contribution in [0.1, 0.15) is 36.3 Å². The summed E-state index contributed by atoms with van der Waals surface area (Å²) in [6, 6.07) is 6.64. The van der Waals surface area contributed by atoms with E-state index in [9.17, 15) is 0 Å². The van der Waals surface area contributed by atoms with Crippen LogP contribution in [0.15, 0.2) is 18.2 Å². The summed E-state index contributed by atoms with van der Waals surface area (Å²) in [6.07, 6.45) is 4.09. The van der Waals surface area contributed by atoms with Gasteiger partial charge in [-0.3, -0.25) is 0 Å². The summed E-state index contributed by atoms with van der Waals surface area (Å²) in [7, 11) is 1.94. The summed E-state index contributed by atoms with van der Waals surface area (Å²) in [5.41, 5.74) is 9.58. The van der Waals surface area contributed by atoms with Crippen LogP contribution in [0.2, 0.25) is 0 Å². The molecule has 1 aliphatic rings. The fraction of sp³-hybridized carbons (Fsp3) is 0.500. The molecule has 14 heavy (non-hydrogen) atoms. The van der Waals surface area contributed by atoms with Gasteiger partial charge in [-0.05, 0) is 36.0 Å². The molecule has 3 N–H and O–H groups in total. The van der Waals surface area contributed by atoms with Crippen molar-refractivity contribution >= 4 is 5.69 Å². The third-order valence-electron chi connectivity index (χ3n) is 3.20. The zero-order chi connectivity index (χ0) is 9.97. The van der Waals surface area contributed by atoms with Crippen LogP contribution in [0.5, 0.6) is 0 Å². The average Bonchev–Trinajstić information content (AvgIpc) is 2.15. The second-order valence-electron chi connectivity index (χ2n) is 4.00. The fourth-order valence-electron chi connectivity index (χ4n) is 2.02. The highest BCUT2D eigenvalue weighted by molar-refractivity contribution is 5.52. The number of benzene rings is 1. The molecule has 0 atom stereocenters. The SMILES string of the molecule is CNc1ccc(C2CCC2)cc1CN. The van der Waals surface area contributed by atoms with Gasteiger partial charge in [-0.25, -0.2) is 0 Å². The highest BCUT2D eigenvalue weighted by Gasteiger charge is 2.19. The molecule has 1 saturated carbocycles. The first-order valence-corrected chi connectivity index (χ1v) is 5.36. The highest BCUT2D eigenvalue weighted by Crippen LogP contribution is 2.37. The number of nitrogens with two attached hydrogens (primary N) is 1. The number of nitrogens with one attached hydrogen (secondary N) is 1. The molecule has 0 aliphatic heterocycles. The minimum absolute atomic E-state index is 0.622. The van der Waals surface area contributed by atoms with Crippen LogP contribution in [0.4, 0.5) is 5.69 Å². The van der Waals surface area contributed by atoms with Gasteiger partial charge < -0.3 is 11.1 Å². The molecule has 2 rings (SSSR count). The van der Waals surface area contributed by atoms with Gasteiger partial charge in [0.05, 0.1) is 0 Å². The zero-order valence-electron chi connectivity index (χ0n) is 8.72. The Bertz CT molecular complexity index is 316. The standard InChI is InChI=1S/C12H18N2/c1-14-12-6-5-10(7-11(12)8-13)9-3-2-4-9/h5-7,9,14H,2-4,8,13H2,1H3. The molecule has 1 aromatic carbocycles. The van der Waals surface area contributed by atoms with Gasteiger partial charge in [-0.1, -0.05) is 18.6 Å². The third kappa shape index (κ3) is 1.62. The van der Waals surface area contributed by atoms with E-state index in [1.165, 1.54) is 30.4 Å². The van der Waals surface area contributed by atoms with Crippen LogP contribution in [0, 0.1) is 0 Å². The Hall–Kier alpha value is -1.02. The number of hydrogen-bond acceptors (Lipinski definition) is 2. The summed E-state index contributed by atoms with van der Waals surface area (Å²) in [5.74, 6) is 0.797. The Balaban J connectivity index is 2.26. The van der Waals surface area contributed by atoms with Crippen molar-refractivity contribution in [3.8, 4) is 0 Å². The smallest absolute Gasteiger partial charge is 0.0383 e. The lowest BCUT2D eigenvalue weighted by molar-refractivity contribution is 0.419. The zero-order valence-corrected chi connectivity index (χ0v) is 8.72. The second-order valence-corrected chi connectivity index (χ2v) is 4.00. The largest absolute Gasteiger partial charge is 0.388 e. The van der Waals surface area contributed by atoms with E-state index in [0.29, 0.717) is 6.54 Å². The van der Waals surface area contributed by atoms with Gasteiger partial charge >= 0.3 is 0 Å². The predicted octanol–water partition coefficient (Wildman–Crippen LogP) is 2.45. The normalized spacial score (nSPS) is 16.4. The molecule has 0 saturated heterocycles. The Morgan fingerprint density at radius 1 is 1.43 bits per heavy atom. The molecule has 1 aromatic rings. The Kier molecular flexibility index (Phi) is 2.73. The summed E-state index contributed by atoms with van der Waals surface area (Å²) in [4.78, 5) is 0. The summed E-state index contributed by atoms with van der Waals surface area (Å²) in [6.45, 7) is 0.622. The number of rotatable bonds is 3. The molecule has 76 valence electrons. The average molecular weight is 190 g/mol. The van der Waals surface area contributed by atoms with E-state index in [2.05, 4.69) is 23.5 Å². The van der Waals surface area contributed by atoms with E-state index in [4.69, 9.17) is 5.73 Å². The van der Waals surface area contributed by atoms with Crippen molar-refractivity contribution in [1.82, 2.24) is 0 Å². The molecule has 2 heteroatoms. The number of hydrogen-bond donors (Lipinski definition) is 2. The molecule has 0 unspecified atom stereocenters. The molecule has 0 bridgehead atoms. The molecular weight excluding hydrogens is 172 g/mol. The van der Waals surface area contributed by atoms with Crippen molar-refractivity contribution in [2.24, 2.45) is 5.73 Å². The first kappa shape index (κ1) is 9.53. The Morgan fingerprint density at radius 2 is 2.21 bits per heavy atom. The molecule has 0 radical (unpaired) electrons. The van der Waals surface area contributed by atoms with E-state index in [1.807, 2.05) is 7.05 Å². The molecule has 0 spiro atoms.